The maximum Gasteiger partial charge on any atom is 0.311 e. The van der Waals surface area contributed by atoms with Crippen molar-refractivity contribution in [2.75, 3.05) is 13.7 Å². The van der Waals surface area contributed by atoms with Gasteiger partial charge in [0.15, 0.2) is 5.82 Å². The number of nitrogens with zero attached hydrogens (tertiary/aromatic N) is 3. The van der Waals surface area contributed by atoms with Crippen molar-refractivity contribution in [3.63, 3.8) is 0 Å². The van der Waals surface area contributed by atoms with Gasteiger partial charge in [0.05, 0.1) is 32.4 Å². The van der Waals surface area contributed by atoms with Gasteiger partial charge in [-0.25, -0.2) is 9.67 Å². The van der Waals surface area contributed by atoms with Gasteiger partial charge in [0.2, 0.25) is 0 Å². The van der Waals surface area contributed by atoms with Crippen LogP contribution in [0.3, 0.4) is 0 Å². The lowest BCUT2D eigenvalue weighted by Gasteiger charge is -2.07. The van der Waals surface area contributed by atoms with Crippen LogP contribution < -0.4 is 4.74 Å². The molecular weight excluding hydrogens is 306 g/mol. The second kappa shape index (κ2) is 8.29. The molecule has 0 aliphatic heterocycles. The normalized spacial score (nSPS) is 11.4. The summed E-state index contributed by atoms with van der Waals surface area (Å²) in [4.78, 5) is 16.1. The molecule has 0 unspecified atom stereocenters. The quantitative estimate of drug-likeness (QED) is 0.577. The van der Waals surface area contributed by atoms with Crippen LogP contribution in [0.15, 0.2) is 35.3 Å². The van der Waals surface area contributed by atoms with Crippen molar-refractivity contribution in [2.45, 2.75) is 33.7 Å². The maximum absolute atomic E-state index is 11.5. The average molecular weight is 329 g/mol. The van der Waals surface area contributed by atoms with Crippen molar-refractivity contribution in [1.29, 1.82) is 0 Å². The number of methoxy groups -OCH3 is 1. The molecule has 0 spiro atoms. The summed E-state index contributed by atoms with van der Waals surface area (Å²) in [7, 11) is 1.64. The predicted octanol–water partition coefficient (Wildman–Crippen LogP) is 3.29. The van der Waals surface area contributed by atoms with Crippen molar-refractivity contribution >= 4 is 17.5 Å². The molecule has 1 heterocycles. The minimum Gasteiger partial charge on any atom is -0.497 e. The Kier molecular flexibility index (Phi) is 6.12. The van der Waals surface area contributed by atoms with E-state index in [0.717, 1.165) is 22.8 Å². The highest BCUT2D eigenvalue weighted by molar-refractivity contribution is 5.98. The van der Waals surface area contributed by atoms with Gasteiger partial charge in [-0.1, -0.05) is 12.1 Å². The fourth-order valence-corrected chi connectivity index (χ4v) is 2.30. The Bertz CT molecular complexity index is 718. The van der Waals surface area contributed by atoms with Gasteiger partial charge in [0, 0.05) is 11.8 Å². The summed E-state index contributed by atoms with van der Waals surface area (Å²) in [5, 5.41) is 4.48. The molecule has 6 nitrogen and oxygen atoms in total. The lowest BCUT2D eigenvalue weighted by atomic mass is 10.2. The number of benzene rings is 1. The molecule has 0 aliphatic rings. The zero-order valence-electron chi connectivity index (χ0n) is 14.6. The first kappa shape index (κ1) is 17.7. The van der Waals surface area contributed by atoms with E-state index in [1.165, 1.54) is 0 Å². The van der Waals surface area contributed by atoms with Gasteiger partial charge in [-0.05, 0) is 38.5 Å². The van der Waals surface area contributed by atoms with E-state index >= 15 is 0 Å². The monoisotopic (exact) mass is 329 g/mol. The standard InChI is InChI=1S/C18H23N3O3/c1-5-24-18(22)11-13(2)19-17-10-14(3)20-21(17)12-15-6-8-16(23-4)9-7-15/h6-10H,5,11-12H2,1-4H3/b19-13+. The van der Waals surface area contributed by atoms with Crippen LogP contribution in [0, 0.1) is 6.92 Å². The molecule has 1 aromatic carbocycles. The number of hydrogen-bond acceptors (Lipinski definition) is 5. The summed E-state index contributed by atoms with van der Waals surface area (Å²) in [6, 6.07) is 9.73. The lowest BCUT2D eigenvalue weighted by Crippen LogP contribution is -2.09. The summed E-state index contributed by atoms with van der Waals surface area (Å²) >= 11 is 0. The largest absolute Gasteiger partial charge is 0.497 e. The van der Waals surface area contributed by atoms with Crippen LogP contribution in [-0.4, -0.2) is 35.2 Å². The first-order valence-electron chi connectivity index (χ1n) is 7.89. The molecule has 2 rings (SSSR count). The number of aryl methyl sites for hydroxylation is 1. The Morgan fingerprint density at radius 3 is 2.62 bits per heavy atom. The molecule has 6 heteroatoms. The molecule has 0 aliphatic carbocycles. The minimum absolute atomic E-state index is 0.181. The summed E-state index contributed by atoms with van der Waals surface area (Å²) in [6.07, 6.45) is 0.181. The Labute approximate surface area is 142 Å². The van der Waals surface area contributed by atoms with Crippen molar-refractivity contribution in [1.82, 2.24) is 9.78 Å². The van der Waals surface area contributed by atoms with E-state index in [1.807, 2.05) is 48.9 Å². The van der Waals surface area contributed by atoms with E-state index < -0.39 is 0 Å². The van der Waals surface area contributed by atoms with E-state index in [2.05, 4.69) is 10.1 Å². The SMILES string of the molecule is CCOC(=O)C/C(C)=N/c1cc(C)nn1Cc1ccc(OC)cc1. The van der Waals surface area contributed by atoms with Gasteiger partial charge in [0.1, 0.15) is 5.75 Å². The highest BCUT2D eigenvalue weighted by Gasteiger charge is 2.09. The molecule has 128 valence electrons. The predicted molar refractivity (Wildman–Crippen MR) is 93.1 cm³/mol. The number of aromatic nitrogens is 2. The Morgan fingerprint density at radius 1 is 1.29 bits per heavy atom. The minimum atomic E-state index is -0.267. The van der Waals surface area contributed by atoms with Gasteiger partial charge in [0.25, 0.3) is 0 Å². The molecule has 0 saturated carbocycles. The van der Waals surface area contributed by atoms with Gasteiger partial charge >= 0.3 is 5.97 Å². The average Bonchev–Trinajstić information content (AvgIpc) is 2.87. The van der Waals surface area contributed by atoms with E-state index in [1.54, 1.807) is 14.0 Å². The maximum atomic E-state index is 11.5. The van der Waals surface area contributed by atoms with Crippen LogP contribution in [-0.2, 0) is 16.1 Å². The summed E-state index contributed by atoms with van der Waals surface area (Å²) in [5.74, 6) is 1.28. The summed E-state index contributed by atoms with van der Waals surface area (Å²) in [5.41, 5.74) is 2.67. The second-order valence-corrected chi connectivity index (χ2v) is 5.48. The van der Waals surface area contributed by atoms with E-state index in [9.17, 15) is 4.79 Å². The molecule has 0 saturated heterocycles. The molecule has 0 N–H and O–H groups in total. The topological polar surface area (TPSA) is 65.7 Å². The highest BCUT2D eigenvalue weighted by Crippen LogP contribution is 2.18. The van der Waals surface area contributed by atoms with Crippen LogP contribution in [0.2, 0.25) is 0 Å². The third kappa shape index (κ3) is 4.94. The zero-order valence-corrected chi connectivity index (χ0v) is 14.6. The fourth-order valence-electron chi connectivity index (χ4n) is 2.30. The Morgan fingerprint density at radius 2 is 2.00 bits per heavy atom. The van der Waals surface area contributed by atoms with Gasteiger partial charge in [-0.2, -0.15) is 5.10 Å². The van der Waals surface area contributed by atoms with Gasteiger partial charge < -0.3 is 9.47 Å². The molecule has 0 radical (unpaired) electrons. The molecule has 2 aromatic rings. The molecule has 24 heavy (non-hydrogen) atoms. The van der Waals surface area contributed by atoms with E-state index in [-0.39, 0.29) is 12.4 Å². The number of aliphatic imine (C=N–C) groups is 1. The second-order valence-electron chi connectivity index (χ2n) is 5.48. The van der Waals surface area contributed by atoms with Gasteiger partial charge in [-0.3, -0.25) is 4.79 Å². The third-order valence-corrected chi connectivity index (χ3v) is 3.38. The number of carbonyl (C=O) groups excluding carboxylic acids is 1. The lowest BCUT2D eigenvalue weighted by molar-refractivity contribution is -0.141. The molecule has 1 aromatic heterocycles. The number of ether oxygens (including phenoxy) is 2. The van der Waals surface area contributed by atoms with Crippen molar-refractivity contribution in [3.05, 3.63) is 41.6 Å². The van der Waals surface area contributed by atoms with Crippen LogP contribution in [0.1, 0.15) is 31.5 Å². The molecule has 0 amide bonds. The summed E-state index contributed by atoms with van der Waals surface area (Å²) in [6.45, 7) is 6.50. The molecule has 0 bridgehead atoms. The Balaban J connectivity index is 2.15. The van der Waals surface area contributed by atoms with Gasteiger partial charge in [-0.15, -0.1) is 0 Å². The molecule has 0 fully saturated rings. The van der Waals surface area contributed by atoms with Crippen molar-refractivity contribution in [2.24, 2.45) is 4.99 Å². The number of carbonyl (C=O) groups is 1. The highest BCUT2D eigenvalue weighted by atomic mass is 16.5. The third-order valence-electron chi connectivity index (χ3n) is 3.38. The zero-order chi connectivity index (χ0) is 17.5. The molecular formula is C18H23N3O3. The summed E-state index contributed by atoms with van der Waals surface area (Å²) < 4.78 is 11.9. The number of hydrogen-bond donors (Lipinski definition) is 0. The fraction of sp³-hybridized carbons (Fsp3) is 0.389. The van der Waals surface area contributed by atoms with Crippen molar-refractivity contribution in [3.8, 4) is 5.75 Å². The van der Waals surface area contributed by atoms with E-state index in [4.69, 9.17) is 9.47 Å². The Hall–Kier alpha value is -2.63. The first-order chi connectivity index (χ1) is 11.5. The number of esters is 1. The van der Waals surface area contributed by atoms with Crippen molar-refractivity contribution < 1.29 is 14.3 Å². The van der Waals surface area contributed by atoms with Crippen LogP contribution in [0.25, 0.3) is 0 Å². The van der Waals surface area contributed by atoms with Crippen LogP contribution in [0.4, 0.5) is 5.82 Å². The smallest absolute Gasteiger partial charge is 0.311 e. The molecule has 0 atom stereocenters. The van der Waals surface area contributed by atoms with Crippen LogP contribution >= 0.6 is 0 Å². The van der Waals surface area contributed by atoms with E-state index in [0.29, 0.717) is 18.9 Å². The van der Waals surface area contributed by atoms with Crippen LogP contribution in [0.5, 0.6) is 5.75 Å². The first-order valence-corrected chi connectivity index (χ1v) is 7.89. The number of rotatable bonds is 7.